The molecule has 0 radical (unpaired) electrons. The molecule has 0 aliphatic carbocycles. The largest absolute Gasteiger partial charge is 0.481 e. The van der Waals surface area contributed by atoms with Crippen LogP contribution < -0.4 is 5.32 Å². The summed E-state index contributed by atoms with van der Waals surface area (Å²) in [4.78, 5) is 37.9. The van der Waals surface area contributed by atoms with Crippen molar-refractivity contribution in [2.75, 3.05) is 32.7 Å². The van der Waals surface area contributed by atoms with Crippen molar-refractivity contribution in [3.05, 3.63) is 0 Å². The number of nitrogens with one attached hydrogen (secondary N) is 1. The van der Waals surface area contributed by atoms with Crippen LogP contribution in [0.5, 0.6) is 0 Å². The van der Waals surface area contributed by atoms with Crippen molar-refractivity contribution in [2.24, 2.45) is 5.92 Å². The number of carboxylic acids is 1. The molecule has 120 valence electrons. The minimum Gasteiger partial charge on any atom is -0.481 e. The summed E-state index contributed by atoms with van der Waals surface area (Å²) in [7, 11) is 0. The Hall–Kier alpha value is -1.79. The average molecular weight is 299 g/mol. The number of hydrogen-bond donors (Lipinski definition) is 2. The molecule has 1 unspecified atom stereocenters. The number of aliphatic carboxylic acids is 1. The molecule has 1 aliphatic heterocycles. The van der Waals surface area contributed by atoms with E-state index >= 15 is 0 Å². The summed E-state index contributed by atoms with van der Waals surface area (Å²) >= 11 is 0. The van der Waals surface area contributed by atoms with Crippen LogP contribution in [0.1, 0.15) is 33.1 Å². The van der Waals surface area contributed by atoms with Crippen molar-refractivity contribution in [2.45, 2.75) is 33.1 Å². The zero-order valence-electron chi connectivity index (χ0n) is 12.8. The van der Waals surface area contributed by atoms with E-state index in [2.05, 4.69) is 5.32 Å². The van der Waals surface area contributed by atoms with Gasteiger partial charge in [0.2, 0.25) is 5.91 Å². The van der Waals surface area contributed by atoms with Crippen molar-refractivity contribution in [3.63, 3.8) is 0 Å². The standard InChI is InChI=1S/C14H25N3O4/c1-3-16(10-11(2)13(19)20)14(21)15-9-12(18)17-7-5-4-6-8-17/h11H,3-10H2,1-2H3,(H,15,21)(H,19,20). The van der Waals surface area contributed by atoms with E-state index in [1.807, 2.05) is 0 Å². The second-order valence-corrected chi connectivity index (χ2v) is 5.38. The molecule has 1 fully saturated rings. The predicted octanol–water partition coefficient (Wildman–Crippen LogP) is 0.751. The number of amides is 3. The third-order valence-corrected chi connectivity index (χ3v) is 3.68. The van der Waals surface area contributed by atoms with Gasteiger partial charge in [0.25, 0.3) is 0 Å². The fraction of sp³-hybridized carbons (Fsp3) is 0.786. The molecule has 21 heavy (non-hydrogen) atoms. The van der Waals surface area contributed by atoms with Crippen molar-refractivity contribution in [1.29, 1.82) is 0 Å². The second-order valence-electron chi connectivity index (χ2n) is 5.38. The van der Waals surface area contributed by atoms with Crippen LogP contribution in [0.25, 0.3) is 0 Å². The van der Waals surface area contributed by atoms with Gasteiger partial charge in [-0.3, -0.25) is 9.59 Å². The van der Waals surface area contributed by atoms with Crippen LogP contribution in [-0.4, -0.2) is 65.5 Å². The van der Waals surface area contributed by atoms with Crippen LogP contribution in [0.15, 0.2) is 0 Å². The first kappa shape index (κ1) is 17.3. The van der Waals surface area contributed by atoms with Crippen LogP contribution in [0.2, 0.25) is 0 Å². The Labute approximate surface area is 125 Å². The third kappa shape index (κ3) is 5.61. The van der Waals surface area contributed by atoms with Crippen LogP contribution in [0.4, 0.5) is 4.79 Å². The summed E-state index contributed by atoms with van der Waals surface area (Å²) in [5, 5.41) is 11.5. The molecule has 0 saturated carbocycles. The van der Waals surface area contributed by atoms with E-state index in [0.29, 0.717) is 6.54 Å². The second kappa shape index (κ2) is 8.49. The fourth-order valence-electron chi connectivity index (χ4n) is 2.28. The molecule has 7 heteroatoms. The molecule has 0 aromatic rings. The fourth-order valence-corrected chi connectivity index (χ4v) is 2.28. The van der Waals surface area contributed by atoms with E-state index in [1.54, 1.807) is 18.7 Å². The molecular weight excluding hydrogens is 274 g/mol. The van der Waals surface area contributed by atoms with E-state index in [4.69, 9.17) is 5.11 Å². The first-order chi connectivity index (χ1) is 9.95. The maximum atomic E-state index is 12.0. The van der Waals surface area contributed by atoms with Gasteiger partial charge in [-0.2, -0.15) is 0 Å². The maximum absolute atomic E-state index is 12.0. The molecule has 1 rings (SSSR count). The lowest BCUT2D eigenvalue weighted by Crippen LogP contribution is -2.48. The lowest BCUT2D eigenvalue weighted by Gasteiger charge is -2.28. The van der Waals surface area contributed by atoms with Gasteiger partial charge in [0.05, 0.1) is 12.5 Å². The Kier molecular flexibility index (Phi) is 6.98. The van der Waals surface area contributed by atoms with E-state index in [9.17, 15) is 14.4 Å². The normalized spacial score (nSPS) is 16.2. The zero-order valence-corrected chi connectivity index (χ0v) is 12.8. The van der Waals surface area contributed by atoms with E-state index in [1.165, 1.54) is 4.90 Å². The number of carboxylic acid groups (broad SMARTS) is 1. The molecule has 3 amide bonds. The molecule has 2 N–H and O–H groups in total. The topological polar surface area (TPSA) is 90.0 Å². The highest BCUT2D eigenvalue weighted by Gasteiger charge is 2.21. The SMILES string of the molecule is CCN(CC(C)C(=O)O)C(=O)NCC(=O)N1CCCCC1. The first-order valence-electron chi connectivity index (χ1n) is 7.49. The average Bonchev–Trinajstić information content (AvgIpc) is 2.50. The Bertz CT molecular complexity index is 380. The van der Waals surface area contributed by atoms with Crippen molar-refractivity contribution in [1.82, 2.24) is 15.1 Å². The van der Waals surface area contributed by atoms with Crippen molar-refractivity contribution >= 4 is 17.9 Å². The van der Waals surface area contributed by atoms with Gasteiger partial charge in [0.15, 0.2) is 0 Å². The molecule has 0 spiro atoms. The number of piperidine rings is 1. The van der Waals surface area contributed by atoms with E-state index < -0.39 is 17.9 Å². The van der Waals surface area contributed by atoms with Crippen LogP contribution >= 0.6 is 0 Å². The third-order valence-electron chi connectivity index (χ3n) is 3.68. The molecule has 1 atom stereocenters. The summed E-state index contributed by atoms with van der Waals surface area (Å²) < 4.78 is 0. The number of hydrogen-bond acceptors (Lipinski definition) is 3. The smallest absolute Gasteiger partial charge is 0.317 e. The molecule has 0 aromatic heterocycles. The number of likely N-dealkylation sites (tertiary alicyclic amines) is 1. The van der Waals surface area contributed by atoms with Gasteiger partial charge in [-0.05, 0) is 26.2 Å². The summed E-state index contributed by atoms with van der Waals surface area (Å²) in [5.41, 5.74) is 0. The summed E-state index contributed by atoms with van der Waals surface area (Å²) in [6, 6.07) is -0.393. The molecule has 7 nitrogen and oxygen atoms in total. The van der Waals surface area contributed by atoms with Gasteiger partial charge < -0.3 is 20.2 Å². The highest BCUT2D eigenvalue weighted by atomic mass is 16.4. The Morgan fingerprint density at radius 2 is 1.86 bits per heavy atom. The highest BCUT2D eigenvalue weighted by Crippen LogP contribution is 2.08. The number of carbonyl (C=O) groups is 3. The van der Waals surface area contributed by atoms with Crippen LogP contribution in [0, 0.1) is 5.92 Å². The Morgan fingerprint density at radius 3 is 2.38 bits per heavy atom. The van der Waals surface area contributed by atoms with E-state index in [0.717, 1.165) is 32.4 Å². The maximum Gasteiger partial charge on any atom is 0.317 e. The summed E-state index contributed by atoms with van der Waals surface area (Å²) in [6.07, 6.45) is 3.17. The minimum atomic E-state index is -0.939. The first-order valence-corrected chi connectivity index (χ1v) is 7.49. The van der Waals surface area contributed by atoms with Gasteiger partial charge >= 0.3 is 12.0 Å². The molecule has 0 bridgehead atoms. The molecule has 1 heterocycles. The number of rotatable bonds is 6. The molecular formula is C14H25N3O4. The Balaban J connectivity index is 2.39. The summed E-state index contributed by atoms with van der Waals surface area (Å²) in [5.74, 6) is -1.65. The lowest BCUT2D eigenvalue weighted by molar-refractivity contribution is -0.141. The number of urea groups is 1. The zero-order chi connectivity index (χ0) is 15.8. The molecule has 0 aromatic carbocycles. The lowest BCUT2D eigenvalue weighted by atomic mass is 10.1. The van der Waals surface area contributed by atoms with Crippen molar-refractivity contribution in [3.8, 4) is 0 Å². The number of nitrogens with zero attached hydrogens (tertiary/aromatic N) is 2. The monoisotopic (exact) mass is 299 g/mol. The number of carbonyl (C=O) groups excluding carboxylic acids is 2. The van der Waals surface area contributed by atoms with Gasteiger partial charge in [-0.25, -0.2) is 4.79 Å². The van der Waals surface area contributed by atoms with Crippen molar-refractivity contribution < 1.29 is 19.5 Å². The minimum absolute atomic E-state index is 0.0310. The van der Waals surface area contributed by atoms with Gasteiger partial charge in [-0.15, -0.1) is 0 Å². The van der Waals surface area contributed by atoms with Crippen LogP contribution in [-0.2, 0) is 9.59 Å². The van der Waals surface area contributed by atoms with Crippen LogP contribution in [0.3, 0.4) is 0 Å². The summed E-state index contributed by atoms with van der Waals surface area (Å²) in [6.45, 7) is 5.34. The van der Waals surface area contributed by atoms with Gasteiger partial charge in [0, 0.05) is 26.2 Å². The molecule has 1 saturated heterocycles. The van der Waals surface area contributed by atoms with Gasteiger partial charge in [-0.1, -0.05) is 6.92 Å². The predicted molar refractivity (Wildman–Crippen MR) is 77.9 cm³/mol. The van der Waals surface area contributed by atoms with E-state index in [-0.39, 0.29) is 19.0 Å². The van der Waals surface area contributed by atoms with Gasteiger partial charge in [0.1, 0.15) is 0 Å². The molecule has 1 aliphatic rings. The Morgan fingerprint density at radius 1 is 1.24 bits per heavy atom. The quantitative estimate of drug-likeness (QED) is 0.757. The highest BCUT2D eigenvalue weighted by molar-refractivity contribution is 5.84.